The molecule has 18 heavy (non-hydrogen) atoms. The molecule has 0 N–H and O–H groups in total. The summed E-state index contributed by atoms with van der Waals surface area (Å²) in [5, 5.41) is 21.4. The van der Waals surface area contributed by atoms with Gasteiger partial charge in [0.1, 0.15) is 13.6 Å². The minimum Gasteiger partial charge on any atom is -0.258 e. The number of hydrogen-bond acceptors (Lipinski definition) is 4. The van der Waals surface area contributed by atoms with Crippen LogP contribution in [0.5, 0.6) is 0 Å². The van der Waals surface area contributed by atoms with Gasteiger partial charge < -0.3 is 0 Å². The summed E-state index contributed by atoms with van der Waals surface area (Å²) >= 11 is 0. The Kier molecular flexibility index (Phi) is 3.83. The predicted molar refractivity (Wildman–Crippen MR) is 70.0 cm³/mol. The van der Waals surface area contributed by atoms with Gasteiger partial charge in [-0.25, -0.2) is 0 Å². The lowest BCUT2D eigenvalue weighted by Gasteiger charge is -2.03. The van der Waals surface area contributed by atoms with Crippen LogP contribution >= 0.6 is 0 Å². The van der Waals surface area contributed by atoms with Crippen LogP contribution in [-0.2, 0) is 0 Å². The van der Waals surface area contributed by atoms with Crippen molar-refractivity contribution in [1.82, 2.24) is 0 Å². The van der Waals surface area contributed by atoms with Crippen molar-refractivity contribution in [3.8, 4) is 11.5 Å². The van der Waals surface area contributed by atoms with Crippen LogP contribution in [0.2, 0.25) is 19.6 Å². The predicted octanol–water partition coefficient (Wildman–Crippen LogP) is 2.73. The molecule has 1 rings (SSSR count). The highest BCUT2D eigenvalue weighted by Gasteiger charge is 2.18. The van der Waals surface area contributed by atoms with E-state index >= 15 is 0 Å². The monoisotopic (exact) mass is 264 g/mol. The molecule has 0 aliphatic heterocycles. The second kappa shape index (κ2) is 4.97. The summed E-state index contributed by atoms with van der Waals surface area (Å²) in [5.74, 6) is 2.75. The van der Waals surface area contributed by atoms with E-state index in [4.69, 9.17) is 0 Å². The molecule has 0 unspecified atom stereocenters. The third-order valence-corrected chi connectivity index (χ3v) is 2.84. The van der Waals surface area contributed by atoms with E-state index in [2.05, 4.69) is 11.5 Å². The van der Waals surface area contributed by atoms with Crippen LogP contribution in [0.4, 0.5) is 11.4 Å². The fourth-order valence-electron chi connectivity index (χ4n) is 1.15. The minimum atomic E-state index is -1.65. The van der Waals surface area contributed by atoms with Crippen LogP contribution in [0.15, 0.2) is 18.2 Å². The van der Waals surface area contributed by atoms with Crippen LogP contribution in [0.3, 0.4) is 0 Å². The van der Waals surface area contributed by atoms with Crippen molar-refractivity contribution in [3.05, 3.63) is 44.0 Å². The Morgan fingerprint density at radius 2 is 1.72 bits per heavy atom. The Balaban J connectivity index is 3.32. The van der Waals surface area contributed by atoms with Crippen LogP contribution in [-0.4, -0.2) is 17.9 Å². The van der Waals surface area contributed by atoms with Gasteiger partial charge in [0, 0.05) is 6.07 Å². The van der Waals surface area contributed by atoms with Gasteiger partial charge in [-0.15, -0.1) is 5.54 Å². The minimum absolute atomic E-state index is 0.216. The summed E-state index contributed by atoms with van der Waals surface area (Å²) in [6.07, 6.45) is 0. The molecule has 0 aliphatic carbocycles. The van der Waals surface area contributed by atoms with E-state index in [-0.39, 0.29) is 16.9 Å². The zero-order valence-corrected chi connectivity index (χ0v) is 11.3. The lowest BCUT2D eigenvalue weighted by Crippen LogP contribution is -2.16. The Bertz CT molecular complexity index is 567. The first kappa shape index (κ1) is 13.9. The lowest BCUT2D eigenvalue weighted by atomic mass is 10.2. The number of nitro groups is 2. The molecule has 0 saturated carbocycles. The molecule has 1 aromatic carbocycles. The third kappa shape index (κ3) is 3.67. The normalized spacial score (nSPS) is 10.4. The summed E-state index contributed by atoms with van der Waals surface area (Å²) < 4.78 is 0. The molecule has 0 aliphatic rings. The van der Waals surface area contributed by atoms with E-state index in [9.17, 15) is 20.2 Å². The van der Waals surface area contributed by atoms with Crippen LogP contribution < -0.4 is 0 Å². The molecular weight excluding hydrogens is 252 g/mol. The molecule has 0 atom stereocenters. The van der Waals surface area contributed by atoms with Gasteiger partial charge in [-0.3, -0.25) is 20.2 Å². The van der Waals surface area contributed by atoms with Crippen LogP contribution in [0, 0.1) is 31.7 Å². The lowest BCUT2D eigenvalue weighted by molar-refractivity contribution is -0.394. The molecule has 7 heteroatoms. The summed E-state index contributed by atoms with van der Waals surface area (Å²) in [6, 6.07) is 3.48. The molecule has 6 nitrogen and oxygen atoms in total. The largest absolute Gasteiger partial charge is 0.291 e. The van der Waals surface area contributed by atoms with Gasteiger partial charge in [0.2, 0.25) is 0 Å². The highest BCUT2D eigenvalue weighted by molar-refractivity contribution is 6.83. The maximum Gasteiger partial charge on any atom is 0.291 e. The van der Waals surface area contributed by atoms with Gasteiger partial charge >= 0.3 is 0 Å². The third-order valence-electron chi connectivity index (χ3n) is 1.96. The van der Waals surface area contributed by atoms with Crippen molar-refractivity contribution >= 4 is 19.4 Å². The number of benzene rings is 1. The number of rotatable bonds is 2. The molecule has 0 aromatic heterocycles. The molecular formula is C11H12N2O4Si. The van der Waals surface area contributed by atoms with Gasteiger partial charge in [0.25, 0.3) is 11.4 Å². The van der Waals surface area contributed by atoms with Crippen molar-refractivity contribution in [3.63, 3.8) is 0 Å². The Labute approximate surface area is 105 Å². The highest BCUT2D eigenvalue weighted by atomic mass is 28.3. The van der Waals surface area contributed by atoms with Crippen molar-refractivity contribution in [2.24, 2.45) is 0 Å². The fraction of sp³-hybridized carbons (Fsp3) is 0.273. The average Bonchev–Trinajstić information content (AvgIpc) is 2.24. The first-order chi connectivity index (χ1) is 8.20. The number of non-ortho nitro benzene ring substituents is 1. The number of nitro benzene ring substituents is 2. The maximum atomic E-state index is 10.8. The molecule has 0 spiro atoms. The van der Waals surface area contributed by atoms with Gasteiger partial charge in [-0.2, -0.15) is 0 Å². The molecule has 94 valence electrons. The topological polar surface area (TPSA) is 86.3 Å². The van der Waals surface area contributed by atoms with Gasteiger partial charge in [-0.1, -0.05) is 25.6 Å². The molecule has 0 radical (unpaired) electrons. The Morgan fingerprint density at radius 1 is 1.11 bits per heavy atom. The summed E-state index contributed by atoms with van der Waals surface area (Å²) in [7, 11) is -1.65. The fourth-order valence-corrected chi connectivity index (χ4v) is 1.65. The van der Waals surface area contributed by atoms with E-state index in [1.807, 2.05) is 19.6 Å². The average molecular weight is 264 g/mol. The molecule has 0 bridgehead atoms. The molecule has 0 fully saturated rings. The number of nitrogens with zero attached hydrogens (tertiary/aromatic N) is 2. The molecule has 1 aromatic rings. The van der Waals surface area contributed by atoms with Gasteiger partial charge in [0.05, 0.1) is 15.9 Å². The summed E-state index contributed by atoms with van der Waals surface area (Å²) in [4.78, 5) is 20.1. The van der Waals surface area contributed by atoms with Crippen molar-refractivity contribution in [1.29, 1.82) is 0 Å². The van der Waals surface area contributed by atoms with E-state index in [0.29, 0.717) is 0 Å². The van der Waals surface area contributed by atoms with E-state index < -0.39 is 17.9 Å². The smallest absolute Gasteiger partial charge is 0.258 e. The maximum absolute atomic E-state index is 10.8. The molecule has 0 heterocycles. The first-order valence-electron chi connectivity index (χ1n) is 5.17. The zero-order valence-electron chi connectivity index (χ0n) is 10.3. The van der Waals surface area contributed by atoms with E-state index in [1.54, 1.807) is 0 Å². The van der Waals surface area contributed by atoms with Crippen molar-refractivity contribution < 1.29 is 9.85 Å². The zero-order chi connectivity index (χ0) is 13.9. The molecule has 0 amide bonds. The van der Waals surface area contributed by atoms with Crippen LogP contribution in [0.1, 0.15) is 5.56 Å². The number of hydrogen-bond donors (Lipinski definition) is 0. The summed E-state index contributed by atoms with van der Waals surface area (Å²) in [5.41, 5.74) is 2.58. The standard InChI is InChI=1S/C11H12N2O4Si/c1-18(2,3)7-6-9-4-5-10(12(14)15)8-11(9)13(16)17/h4-5,8H,1-3H3. The Morgan fingerprint density at radius 3 is 2.17 bits per heavy atom. The quantitative estimate of drug-likeness (QED) is 0.355. The second-order valence-corrected chi connectivity index (χ2v) is 9.47. The van der Waals surface area contributed by atoms with Crippen molar-refractivity contribution in [2.75, 3.05) is 0 Å². The SMILES string of the molecule is C[Si](C)(C)C#Cc1ccc([N+](=O)[O-])cc1[N+](=O)[O-]. The van der Waals surface area contributed by atoms with Crippen molar-refractivity contribution in [2.45, 2.75) is 19.6 Å². The van der Waals surface area contributed by atoms with E-state index in [0.717, 1.165) is 6.07 Å². The highest BCUT2D eigenvalue weighted by Crippen LogP contribution is 2.23. The van der Waals surface area contributed by atoms with Crippen LogP contribution in [0.25, 0.3) is 0 Å². The molecule has 0 saturated heterocycles. The summed E-state index contributed by atoms with van der Waals surface area (Å²) in [6.45, 7) is 6.03. The Hall–Kier alpha value is -2.20. The van der Waals surface area contributed by atoms with Gasteiger partial charge in [0.15, 0.2) is 0 Å². The van der Waals surface area contributed by atoms with Gasteiger partial charge in [-0.05, 0) is 6.07 Å². The second-order valence-electron chi connectivity index (χ2n) is 4.72. The first-order valence-corrected chi connectivity index (χ1v) is 8.67. The van der Waals surface area contributed by atoms with E-state index in [1.165, 1.54) is 12.1 Å².